The molecule has 4 rings (SSSR count). The molecule has 0 radical (unpaired) electrons. The Morgan fingerprint density at radius 3 is 2.58 bits per heavy atom. The van der Waals surface area contributed by atoms with Gasteiger partial charge in [0.15, 0.2) is 0 Å². The largest absolute Gasteiger partial charge is 0.336 e. The summed E-state index contributed by atoms with van der Waals surface area (Å²) in [6, 6.07) is 8.28. The second-order valence-corrected chi connectivity index (χ2v) is 7.65. The molecule has 2 aliphatic rings. The van der Waals surface area contributed by atoms with Gasteiger partial charge in [0.05, 0.1) is 30.7 Å². The lowest BCUT2D eigenvalue weighted by molar-refractivity contribution is -0.131. The number of carbonyl (C=O) groups excluding carboxylic acids is 1. The highest BCUT2D eigenvalue weighted by molar-refractivity contribution is 5.78. The molecule has 2 aliphatic heterocycles. The average molecular weight is 352 g/mol. The summed E-state index contributed by atoms with van der Waals surface area (Å²) in [6.45, 7) is 7.80. The fourth-order valence-corrected chi connectivity index (χ4v) is 4.01. The van der Waals surface area contributed by atoms with Gasteiger partial charge < -0.3 is 9.47 Å². The normalized spacial score (nSPS) is 18.0. The van der Waals surface area contributed by atoms with Crippen LogP contribution in [0.2, 0.25) is 0 Å². The summed E-state index contributed by atoms with van der Waals surface area (Å²) >= 11 is 0. The van der Waals surface area contributed by atoms with Crippen molar-refractivity contribution >= 4 is 5.91 Å². The molecule has 0 N–H and O–H groups in total. The van der Waals surface area contributed by atoms with Crippen LogP contribution in [-0.2, 0) is 30.8 Å². The molecule has 0 spiro atoms. The van der Waals surface area contributed by atoms with Crippen molar-refractivity contribution in [3.05, 3.63) is 53.1 Å². The second-order valence-electron chi connectivity index (χ2n) is 7.65. The number of benzene rings is 1. The lowest BCUT2D eigenvalue weighted by atomic mass is 10.1. The first kappa shape index (κ1) is 17.3. The van der Waals surface area contributed by atoms with E-state index >= 15 is 0 Å². The Balaban J connectivity index is 1.46. The molecule has 0 saturated carbocycles. The summed E-state index contributed by atoms with van der Waals surface area (Å²) in [5.41, 5.74) is 4.70. The number of nitrogens with zero attached hydrogens (tertiary/aromatic N) is 4. The van der Waals surface area contributed by atoms with Crippen molar-refractivity contribution in [1.82, 2.24) is 19.4 Å². The summed E-state index contributed by atoms with van der Waals surface area (Å²) in [7, 11) is 0. The van der Waals surface area contributed by atoms with E-state index in [1.54, 1.807) is 0 Å². The molecule has 1 aromatic heterocycles. The third-order valence-electron chi connectivity index (χ3n) is 5.60. The minimum Gasteiger partial charge on any atom is -0.336 e. The molecular weight excluding hydrogens is 324 g/mol. The third kappa shape index (κ3) is 3.83. The predicted molar refractivity (Wildman–Crippen MR) is 102 cm³/mol. The van der Waals surface area contributed by atoms with Crippen molar-refractivity contribution in [2.45, 2.75) is 52.2 Å². The first-order valence-corrected chi connectivity index (χ1v) is 9.77. The SMILES string of the molecule is Cc1ccc(CC(=O)N2CCCn3cnc(CN4CCCC4)c3C2)cc1. The van der Waals surface area contributed by atoms with E-state index in [0.717, 1.165) is 37.3 Å². The maximum Gasteiger partial charge on any atom is 0.227 e. The predicted octanol–water partition coefficient (Wildman–Crippen LogP) is 2.76. The van der Waals surface area contributed by atoms with E-state index in [1.165, 1.54) is 37.2 Å². The highest BCUT2D eigenvalue weighted by Crippen LogP contribution is 2.20. The van der Waals surface area contributed by atoms with Gasteiger partial charge in [0.2, 0.25) is 5.91 Å². The number of rotatable bonds is 4. The molecule has 5 nitrogen and oxygen atoms in total. The van der Waals surface area contributed by atoms with Crippen LogP contribution in [0.4, 0.5) is 0 Å². The molecule has 26 heavy (non-hydrogen) atoms. The van der Waals surface area contributed by atoms with Crippen LogP contribution in [0, 0.1) is 6.92 Å². The molecular formula is C21H28N4O. The molecule has 0 unspecified atom stereocenters. The molecule has 3 heterocycles. The van der Waals surface area contributed by atoms with Crippen molar-refractivity contribution in [2.24, 2.45) is 0 Å². The summed E-state index contributed by atoms with van der Waals surface area (Å²) in [4.78, 5) is 22.1. The van der Waals surface area contributed by atoms with Gasteiger partial charge in [-0.25, -0.2) is 4.98 Å². The van der Waals surface area contributed by atoms with Crippen LogP contribution in [0.25, 0.3) is 0 Å². The molecule has 1 fully saturated rings. The van der Waals surface area contributed by atoms with Crippen LogP contribution in [0.1, 0.15) is 41.8 Å². The van der Waals surface area contributed by atoms with Crippen molar-refractivity contribution < 1.29 is 4.79 Å². The van der Waals surface area contributed by atoms with Crippen LogP contribution < -0.4 is 0 Å². The molecule has 138 valence electrons. The number of carbonyl (C=O) groups is 1. The number of aryl methyl sites for hydroxylation is 2. The Labute approximate surface area is 155 Å². The molecule has 0 aliphatic carbocycles. The van der Waals surface area contributed by atoms with Gasteiger partial charge in [-0.05, 0) is 44.8 Å². The van der Waals surface area contributed by atoms with Crippen molar-refractivity contribution in [1.29, 1.82) is 0 Å². The summed E-state index contributed by atoms with van der Waals surface area (Å²) in [5, 5.41) is 0. The zero-order chi connectivity index (χ0) is 17.9. The Bertz CT molecular complexity index is 759. The van der Waals surface area contributed by atoms with Gasteiger partial charge in [0, 0.05) is 19.6 Å². The van der Waals surface area contributed by atoms with E-state index in [9.17, 15) is 4.79 Å². The van der Waals surface area contributed by atoms with Crippen LogP contribution in [-0.4, -0.2) is 44.9 Å². The smallest absolute Gasteiger partial charge is 0.227 e. The third-order valence-corrected chi connectivity index (χ3v) is 5.60. The standard InChI is InChI=1S/C21H28N4O/c1-17-5-7-18(8-6-17)13-21(26)24-11-4-12-25-16-22-19(20(25)15-24)14-23-9-2-3-10-23/h5-8,16H,2-4,9-15H2,1H3. The van der Waals surface area contributed by atoms with Crippen LogP contribution in [0.15, 0.2) is 30.6 Å². The summed E-state index contributed by atoms with van der Waals surface area (Å²) in [6.07, 6.45) is 6.02. The number of fused-ring (bicyclic) bond motifs is 1. The second kappa shape index (κ2) is 7.62. The molecule has 5 heteroatoms. The van der Waals surface area contributed by atoms with E-state index in [4.69, 9.17) is 0 Å². The van der Waals surface area contributed by atoms with Crippen molar-refractivity contribution in [2.75, 3.05) is 19.6 Å². The van der Waals surface area contributed by atoms with Crippen LogP contribution in [0.3, 0.4) is 0 Å². The zero-order valence-electron chi connectivity index (χ0n) is 15.7. The lowest BCUT2D eigenvalue weighted by Gasteiger charge is -2.21. The van der Waals surface area contributed by atoms with Gasteiger partial charge in [0.1, 0.15) is 0 Å². The number of likely N-dealkylation sites (tertiary alicyclic amines) is 1. The first-order chi connectivity index (χ1) is 12.7. The van der Waals surface area contributed by atoms with E-state index in [0.29, 0.717) is 13.0 Å². The molecule has 1 saturated heterocycles. The van der Waals surface area contributed by atoms with Crippen LogP contribution >= 0.6 is 0 Å². The Kier molecular flexibility index (Phi) is 5.07. The quantitative estimate of drug-likeness (QED) is 0.850. The Hall–Kier alpha value is -2.14. The number of amides is 1. The summed E-state index contributed by atoms with van der Waals surface area (Å²) < 4.78 is 2.25. The van der Waals surface area contributed by atoms with E-state index in [-0.39, 0.29) is 5.91 Å². The number of aromatic nitrogens is 2. The van der Waals surface area contributed by atoms with E-state index in [1.807, 2.05) is 11.2 Å². The number of hydrogen-bond acceptors (Lipinski definition) is 3. The summed E-state index contributed by atoms with van der Waals surface area (Å²) in [5.74, 6) is 0.218. The van der Waals surface area contributed by atoms with E-state index < -0.39 is 0 Å². The van der Waals surface area contributed by atoms with Crippen LogP contribution in [0.5, 0.6) is 0 Å². The lowest BCUT2D eigenvalue weighted by Crippen LogP contribution is -2.32. The fourth-order valence-electron chi connectivity index (χ4n) is 4.01. The first-order valence-electron chi connectivity index (χ1n) is 9.77. The monoisotopic (exact) mass is 352 g/mol. The molecule has 1 amide bonds. The molecule has 0 bridgehead atoms. The van der Waals surface area contributed by atoms with Crippen molar-refractivity contribution in [3.8, 4) is 0 Å². The number of hydrogen-bond donors (Lipinski definition) is 0. The maximum atomic E-state index is 12.9. The maximum absolute atomic E-state index is 12.9. The molecule has 0 atom stereocenters. The average Bonchev–Trinajstić information content (AvgIpc) is 3.22. The minimum atomic E-state index is 0.218. The molecule has 2 aromatic rings. The highest BCUT2D eigenvalue weighted by atomic mass is 16.2. The van der Waals surface area contributed by atoms with Gasteiger partial charge in [-0.2, -0.15) is 0 Å². The fraction of sp³-hybridized carbons (Fsp3) is 0.524. The van der Waals surface area contributed by atoms with Gasteiger partial charge in [-0.15, -0.1) is 0 Å². The van der Waals surface area contributed by atoms with Crippen molar-refractivity contribution in [3.63, 3.8) is 0 Å². The van der Waals surface area contributed by atoms with Gasteiger partial charge in [0.25, 0.3) is 0 Å². The number of imidazole rings is 1. The Morgan fingerprint density at radius 1 is 1.04 bits per heavy atom. The topological polar surface area (TPSA) is 41.4 Å². The zero-order valence-corrected chi connectivity index (χ0v) is 15.7. The van der Waals surface area contributed by atoms with Gasteiger partial charge in [-0.3, -0.25) is 9.69 Å². The molecule has 1 aromatic carbocycles. The highest BCUT2D eigenvalue weighted by Gasteiger charge is 2.24. The van der Waals surface area contributed by atoms with E-state index in [2.05, 4.69) is 45.6 Å². The minimum absolute atomic E-state index is 0.218. The van der Waals surface area contributed by atoms with Gasteiger partial charge >= 0.3 is 0 Å². The van der Waals surface area contributed by atoms with Gasteiger partial charge in [-0.1, -0.05) is 29.8 Å². The Morgan fingerprint density at radius 2 is 1.81 bits per heavy atom.